The minimum atomic E-state index is -0.269. The number of unbranched alkanes of at least 4 members (excludes halogenated alkanes) is 4. The van der Waals surface area contributed by atoms with E-state index in [1.807, 2.05) is 4.90 Å². The lowest BCUT2D eigenvalue weighted by atomic mass is 10.1. The highest BCUT2D eigenvalue weighted by Gasteiger charge is 2.34. The first kappa shape index (κ1) is 27.2. The molecule has 0 aromatic carbocycles. The van der Waals surface area contributed by atoms with Gasteiger partial charge in [-0.2, -0.15) is 0 Å². The van der Waals surface area contributed by atoms with Crippen LogP contribution in [0.2, 0.25) is 0 Å². The van der Waals surface area contributed by atoms with Gasteiger partial charge in [0.15, 0.2) is 0 Å². The molecule has 0 aliphatic carbocycles. The lowest BCUT2D eigenvalue weighted by molar-refractivity contribution is -0.0227. The fourth-order valence-electron chi connectivity index (χ4n) is 4.02. The maximum absolute atomic E-state index is 12.7. The topological polar surface area (TPSA) is 52.8 Å². The SMILES string of the molecule is CCCCN(CCCC)C(CC)N(C(N)=O)C(CC)N(CCCC)CCCC. The van der Waals surface area contributed by atoms with Gasteiger partial charge in [0.1, 0.15) is 0 Å². The summed E-state index contributed by atoms with van der Waals surface area (Å²) in [6, 6.07) is -0.269. The van der Waals surface area contributed by atoms with Crippen molar-refractivity contribution in [3.8, 4) is 0 Å². The van der Waals surface area contributed by atoms with Crippen molar-refractivity contribution in [2.75, 3.05) is 26.2 Å². The Morgan fingerprint density at radius 2 is 0.929 bits per heavy atom. The lowest BCUT2D eigenvalue weighted by Gasteiger charge is -2.46. The molecule has 0 rings (SSSR count). The molecule has 28 heavy (non-hydrogen) atoms. The average molecular weight is 399 g/mol. The van der Waals surface area contributed by atoms with E-state index in [0.29, 0.717) is 0 Å². The van der Waals surface area contributed by atoms with Crippen LogP contribution in [0.25, 0.3) is 0 Å². The molecule has 0 fully saturated rings. The third-order valence-corrected chi connectivity index (χ3v) is 5.67. The number of rotatable bonds is 18. The number of carbonyl (C=O) groups excluding carboxylic acids is 1. The Morgan fingerprint density at radius 1 is 0.643 bits per heavy atom. The normalized spacial score (nSPS) is 13.9. The number of hydrogen-bond donors (Lipinski definition) is 1. The molecular formula is C23H50N4O. The summed E-state index contributed by atoms with van der Waals surface area (Å²) >= 11 is 0. The predicted octanol–water partition coefficient (Wildman–Crippen LogP) is 5.64. The summed E-state index contributed by atoms with van der Waals surface area (Å²) in [5.74, 6) is 0. The van der Waals surface area contributed by atoms with Crippen molar-refractivity contribution in [3.63, 3.8) is 0 Å². The second-order valence-corrected chi connectivity index (χ2v) is 8.01. The minimum absolute atomic E-state index is 0.0892. The number of urea groups is 1. The molecule has 168 valence electrons. The summed E-state index contributed by atoms with van der Waals surface area (Å²) in [5.41, 5.74) is 6.01. The molecule has 5 heteroatoms. The van der Waals surface area contributed by atoms with Crippen LogP contribution in [0.1, 0.15) is 106 Å². The number of nitrogens with two attached hydrogens (primary N) is 1. The average Bonchev–Trinajstić information content (AvgIpc) is 2.69. The fraction of sp³-hybridized carbons (Fsp3) is 0.957. The van der Waals surface area contributed by atoms with Crippen LogP contribution in [0, 0.1) is 0 Å². The van der Waals surface area contributed by atoms with E-state index in [9.17, 15) is 4.79 Å². The molecule has 0 aliphatic rings. The lowest BCUT2D eigenvalue weighted by Crippen LogP contribution is -2.61. The molecular weight excluding hydrogens is 348 g/mol. The predicted molar refractivity (Wildman–Crippen MR) is 122 cm³/mol. The summed E-state index contributed by atoms with van der Waals surface area (Å²) in [6.07, 6.45) is 11.4. The van der Waals surface area contributed by atoms with Gasteiger partial charge in [-0.25, -0.2) is 4.79 Å². The van der Waals surface area contributed by atoms with Crippen molar-refractivity contribution >= 4 is 6.03 Å². The second kappa shape index (κ2) is 17.1. The molecule has 2 N–H and O–H groups in total. The van der Waals surface area contributed by atoms with Gasteiger partial charge in [0.2, 0.25) is 0 Å². The van der Waals surface area contributed by atoms with E-state index >= 15 is 0 Å². The van der Waals surface area contributed by atoms with Crippen LogP contribution in [-0.4, -0.2) is 59.2 Å². The highest BCUT2D eigenvalue weighted by Crippen LogP contribution is 2.21. The van der Waals surface area contributed by atoms with Crippen LogP contribution < -0.4 is 5.73 Å². The molecule has 0 radical (unpaired) electrons. The van der Waals surface area contributed by atoms with E-state index in [2.05, 4.69) is 51.3 Å². The van der Waals surface area contributed by atoms with Gasteiger partial charge >= 0.3 is 6.03 Å². The Labute approximate surface area is 176 Å². The summed E-state index contributed by atoms with van der Waals surface area (Å²) < 4.78 is 0. The fourth-order valence-corrected chi connectivity index (χ4v) is 4.02. The van der Waals surface area contributed by atoms with E-state index in [1.165, 1.54) is 51.4 Å². The van der Waals surface area contributed by atoms with E-state index in [0.717, 1.165) is 39.0 Å². The van der Waals surface area contributed by atoms with Crippen LogP contribution >= 0.6 is 0 Å². The Bertz CT molecular complexity index is 334. The third-order valence-electron chi connectivity index (χ3n) is 5.67. The first-order valence-corrected chi connectivity index (χ1v) is 12.1. The van der Waals surface area contributed by atoms with Crippen molar-refractivity contribution in [1.29, 1.82) is 0 Å². The largest absolute Gasteiger partial charge is 0.351 e. The maximum Gasteiger partial charge on any atom is 0.317 e. The zero-order valence-corrected chi connectivity index (χ0v) is 19.9. The van der Waals surface area contributed by atoms with Gasteiger partial charge in [0, 0.05) is 26.2 Å². The quantitative estimate of drug-likeness (QED) is 0.304. The number of nitrogens with zero attached hydrogens (tertiary/aromatic N) is 3. The Hall–Kier alpha value is -0.810. The van der Waals surface area contributed by atoms with Crippen LogP contribution in [0.3, 0.4) is 0 Å². The van der Waals surface area contributed by atoms with Crippen LogP contribution in [-0.2, 0) is 0 Å². The van der Waals surface area contributed by atoms with Crippen LogP contribution in [0.15, 0.2) is 0 Å². The summed E-state index contributed by atoms with van der Waals surface area (Å²) in [6.45, 7) is 17.5. The van der Waals surface area contributed by atoms with Crippen molar-refractivity contribution in [2.24, 2.45) is 5.73 Å². The molecule has 2 unspecified atom stereocenters. The van der Waals surface area contributed by atoms with Gasteiger partial charge in [-0.3, -0.25) is 14.7 Å². The summed E-state index contributed by atoms with van der Waals surface area (Å²) in [4.78, 5) is 19.7. The minimum Gasteiger partial charge on any atom is -0.351 e. The van der Waals surface area contributed by atoms with E-state index < -0.39 is 0 Å². The van der Waals surface area contributed by atoms with Crippen molar-refractivity contribution in [2.45, 2.75) is 118 Å². The summed E-state index contributed by atoms with van der Waals surface area (Å²) in [7, 11) is 0. The zero-order chi connectivity index (χ0) is 21.4. The molecule has 5 nitrogen and oxygen atoms in total. The number of hydrogen-bond acceptors (Lipinski definition) is 3. The van der Waals surface area contributed by atoms with Crippen molar-refractivity contribution in [1.82, 2.24) is 14.7 Å². The number of carbonyl (C=O) groups is 1. The van der Waals surface area contributed by atoms with E-state index in [4.69, 9.17) is 5.73 Å². The Balaban J connectivity index is 5.69. The zero-order valence-electron chi connectivity index (χ0n) is 19.9. The van der Waals surface area contributed by atoms with Gasteiger partial charge in [0.25, 0.3) is 0 Å². The molecule has 0 aromatic rings. The van der Waals surface area contributed by atoms with Gasteiger partial charge in [-0.15, -0.1) is 0 Å². The highest BCUT2D eigenvalue weighted by molar-refractivity contribution is 5.72. The number of amides is 2. The molecule has 0 bridgehead atoms. The van der Waals surface area contributed by atoms with E-state index in [-0.39, 0.29) is 18.4 Å². The van der Waals surface area contributed by atoms with Gasteiger partial charge in [-0.1, -0.05) is 67.2 Å². The Morgan fingerprint density at radius 3 is 1.11 bits per heavy atom. The first-order chi connectivity index (χ1) is 13.5. The molecule has 0 heterocycles. The van der Waals surface area contributed by atoms with Crippen LogP contribution in [0.5, 0.6) is 0 Å². The van der Waals surface area contributed by atoms with Crippen molar-refractivity contribution in [3.05, 3.63) is 0 Å². The first-order valence-electron chi connectivity index (χ1n) is 12.1. The smallest absolute Gasteiger partial charge is 0.317 e. The van der Waals surface area contributed by atoms with Crippen LogP contribution in [0.4, 0.5) is 4.79 Å². The maximum atomic E-state index is 12.7. The molecule has 0 spiro atoms. The third kappa shape index (κ3) is 9.60. The highest BCUT2D eigenvalue weighted by atomic mass is 16.2. The standard InChI is InChI=1S/C23H50N4O/c1-7-13-17-25(18-14-8-2)21(11-5)27(23(24)28)22(12-6)26(19-15-9-3)20-16-10-4/h21-22H,7-20H2,1-6H3,(H2,24,28). The molecule has 2 atom stereocenters. The molecule has 0 aliphatic heterocycles. The molecule has 0 saturated heterocycles. The molecule has 0 aromatic heterocycles. The Kier molecular flexibility index (Phi) is 16.6. The van der Waals surface area contributed by atoms with Gasteiger partial charge in [0.05, 0.1) is 12.3 Å². The monoisotopic (exact) mass is 398 g/mol. The van der Waals surface area contributed by atoms with Gasteiger partial charge in [-0.05, 0) is 38.5 Å². The molecule has 0 saturated carbocycles. The van der Waals surface area contributed by atoms with Crippen molar-refractivity contribution < 1.29 is 4.79 Å². The van der Waals surface area contributed by atoms with Gasteiger partial charge < -0.3 is 5.73 Å². The second-order valence-electron chi connectivity index (χ2n) is 8.01. The van der Waals surface area contributed by atoms with E-state index in [1.54, 1.807) is 0 Å². The summed E-state index contributed by atoms with van der Waals surface area (Å²) in [5, 5.41) is 0. The molecule has 2 amide bonds. The number of primary amides is 1.